The molecule has 1 amide bonds. The molecule has 0 saturated carbocycles. The van der Waals surface area contributed by atoms with Crippen LogP contribution >= 0.6 is 24.0 Å². The monoisotopic (exact) mass is 392 g/mol. The van der Waals surface area contributed by atoms with Gasteiger partial charge >= 0.3 is 5.97 Å². The van der Waals surface area contributed by atoms with Crippen LogP contribution in [0.4, 0.5) is 5.69 Å². The predicted octanol–water partition coefficient (Wildman–Crippen LogP) is 4.34. The number of rotatable bonds is 3. The van der Waals surface area contributed by atoms with Crippen LogP contribution in [0.2, 0.25) is 0 Å². The van der Waals surface area contributed by atoms with Crippen LogP contribution in [0.1, 0.15) is 15.9 Å². The summed E-state index contributed by atoms with van der Waals surface area (Å²) < 4.78 is 0.414. The lowest BCUT2D eigenvalue weighted by Crippen LogP contribution is -2.27. The van der Waals surface area contributed by atoms with Gasteiger partial charge in [-0.15, -0.1) is 0 Å². The lowest BCUT2D eigenvalue weighted by atomic mass is 10.1. The summed E-state index contributed by atoms with van der Waals surface area (Å²) in [5, 5.41) is 9.99. The number of aromatic carboxylic acids is 1. The Morgan fingerprint density at radius 3 is 2.67 bits per heavy atom. The van der Waals surface area contributed by atoms with Gasteiger partial charge < -0.3 is 5.11 Å². The van der Waals surface area contributed by atoms with Crippen LogP contribution in [0.3, 0.4) is 0 Å². The number of carboxylic acids is 1. The van der Waals surface area contributed by atoms with Gasteiger partial charge in [-0.1, -0.05) is 36.1 Å². The van der Waals surface area contributed by atoms with Gasteiger partial charge in [0.25, 0.3) is 5.91 Å². The summed E-state index contributed by atoms with van der Waals surface area (Å²) in [6.45, 7) is 0. The Kier molecular flexibility index (Phi) is 4.47. The van der Waals surface area contributed by atoms with Crippen molar-refractivity contribution < 1.29 is 14.7 Å². The van der Waals surface area contributed by atoms with Crippen molar-refractivity contribution in [2.24, 2.45) is 0 Å². The highest BCUT2D eigenvalue weighted by Crippen LogP contribution is 2.36. The summed E-state index contributed by atoms with van der Waals surface area (Å²) in [6.07, 6.45) is 3.54. The van der Waals surface area contributed by atoms with Crippen LogP contribution in [0, 0.1) is 0 Å². The maximum atomic E-state index is 12.8. The summed E-state index contributed by atoms with van der Waals surface area (Å²) in [5.74, 6) is -1.24. The van der Waals surface area contributed by atoms with Gasteiger partial charge in [-0.2, -0.15) is 0 Å². The highest BCUT2D eigenvalue weighted by atomic mass is 32.2. The summed E-state index contributed by atoms with van der Waals surface area (Å²) in [4.78, 5) is 30.0. The number of carbonyl (C=O) groups excluding carboxylic acids is 1. The molecule has 2 aromatic carbocycles. The average Bonchev–Trinajstić information content (AvgIpc) is 2.95. The molecular formula is C20H12N2O3S2. The van der Waals surface area contributed by atoms with E-state index < -0.39 is 5.97 Å². The molecule has 5 nitrogen and oxygen atoms in total. The van der Waals surface area contributed by atoms with Crippen LogP contribution in [-0.2, 0) is 4.79 Å². The standard InChI is InChI=1S/C20H12N2O3S2/c23-18-17(11-12-3-8-16-14(10-12)2-1-9-21-16)27-20(26)22(18)15-6-4-13(5-7-15)19(24)25/h1-11H,(H,24,25). The first-order valence-electron chi connectivity index (χ1n) is 7.99. The third-order valence-electron chi connectivity index (χ3n) is 4.09. The Hall–Kier alpha value is -3.03. The first-order valence-corrected chi connectivity index (χ1v) is 9.21. The zero-order valence-electron chi connectivity index (χ0n) is 13.8. The van der Waals surface area contributed by atoms with E-state index in [9.17, 15) is 9.59 Å². The van der Waals surface area contributed by atoms with Gasteiger partial charge in [-0.25, -0.2) is 4.79 Å². The van der Waals surface area contributed by atoms with Crippen LogP contribution in [0.5, 0.6) is 0 Å². The molecule has 0 unspecified atom stereocenters. The van der Waals surface area contributed by atoms with Gasteiger partial charge in [0.1, 0.15) is 0 Å². The predicted molar refractivity (Wildman–Crippen MR) is 111 cm³/mol. The van der Waals surface area contributed by atoms with Crippen molar-refractivity contribution in [1.82, 2.24) is 4.98 Å². The van der Waals surface area contributed by atoms with Crippen molar-refractivity contribution in [1.29, 1.82) is 0 Å². The number of thioether (sulfide) groups is 1. The minimum Gasteiger partial charge on any atom is -0.478 e. The fourth-order valence-electron chi connectivity index (χ4n) is 2.78. The van der Waals surface area contributed by atoms with E-state index in [1.807, 2.05) is 30.3 Å². The Morgan fingerprint density at radius 2 is 1.93 bits per heavy atom. The molecule has 0 spiro atoms. The van der Waals surface area contributed by atoms with Crippen molar-refractivity contribution >= 4 is 62.8 Å². The van der Waals surface area contributed by atoms with Crippen molar-refractivity contribution in [2.45, 2.75) is 0 Å². The van der Waals surface area contributed by atoms with Crippen LogP contribution in [0.15, 0.2) is 65.7 Å². The zero-order valence-corrected chi connectivity index (χ0v) is 15.5. The second kappa shape index (κ2) is 6.94. The normalized spacial score (nSPS) is 15.7. The fraction of sp³-hybridized carbons (Fsp3) is 0. The molecular weight excluding hydrogens is 380 g/mol. The summed E-state index contributed by atoms with van der Waals surface area (Å²) >= 11 is 6.58. The molecule has 27 heavy (non-hydrogen) atoms. The smallest absolute Gasteiger partial charge is 0.335 e. The largest absolute Gasteiger partial charge is 0.478 e. The number of pyridine rings is 1. The van der Waals surface area contributed by atoms with Gasteiger partial charge in [0.05, 0.1) is 21.7 Å². The first kappa shape index (κ1) is 17.4. The molecule has 4 rings (SSSR count). The Labute approximate surface area is 164 Å². The Bertz CT molecular complexity index is 1120. The van der Waals surface area contributed by atoms with Gasteiger partial charge in [-0.3, -0.25) is 14.7 Å². The molecule has 1 N–H and O–H groups in total. The van der Waals surface area contributed by atoms with Crippen molar-refractivity contribution in [3.8, 4) is 0 Å². The lowest BCUT2D eigenvalue weighted by Gasteiger charge is -2.14. The number of thiocarbonyl (C=S) groups is 1. The number of hydrogen-bond donors (Lipinski definition) is 1. The van der Waals surface area contributed by atoms with E-state index in [0.717, 1.165) is 16.5 Å². The number of aromatic nitrogens is 1. The quantitative estimate of drug-likeness (QED) is 0.528. The van der Waals surface area contributed by atoms with Crippen LogP contribution in [-0.4, -0.2) is 26.3 Å². The summed E-state index contributed by atoms with van der Waals surface area (Å²) in [6, 6.07) is 15.7. The average molecular weight is 392 g/mol. The molecule has 1 aromatic heterocycles. The van der Waals surface area contributed by atoms with Crippen LogP contribution in [0.25, 0.3) is 17.0 Å². The molecule has 0 radical (unpaired) electrons. The van der Waals surface area contributed by atoms with E-state index in [2.05, 4.69) is 4.98 Å². The molecule has 3 aromatic rings. The summed E-state index contributed by atoms with van der Waals surface area (Å²) in [7, 11) is 0. The first-order chi connectivity index (χ1) is 13.0. The number of nitrogens with zero attached hydrogens (tertiary/aromatic N) is 2. The summed E-state index contributed by atoms with van der Waals surface area (Å²) in [5.41, 5.74) is 2.48. The van der Waals surface area contributed by atoms with Gasteiger partial charge in [0, 0.05) is 11.6 Å². The Morgan fingerprint density at radius 1 is 1.15 bits per heavy atom. The van der Waals surface area contributed by atoms with Crippen LogP contribution < -0.4 is 4.90 Å². The van der Waals surface area contributed by atoms with E-state index in [1.54, 1.807) is 24.4 Å². The molecule has 1 saturated heterocycles. The van der Waals surface area contributed by atoms with Crippen molar-refractivity contribution in [3.05, 3.63) is 76.8 Å². The zero-order chi connectivity index (χ0) is 19.0. The minimum absolute atomic E-state index is 0.157. The van der Waals surface area contributed by atoms with Gasteiger partial charge in [-0.05, 0) is 54.1 Å². The molecule has 1 fully saturated rings. The second-order valence-electron chi connectivity index (χ2n) is 5.82. The van der Waals surface area contributed by atoms with E-state index >= 15 is 0 Å². The molecule has 7 heteroatoms. The van der Waals surface area contributed by atoms with E-state index in [-0.39, 0.29) is 11.5 Å². The number of hydrogen-bond acceptors (Lipinski definition) is 5. The number of fused-ring (bicyclic) bond motifs is 1. The number of amides is 1. The highest BCUT2D eigenvalue weighted by molar-refractivity contribution is 8.27. The Balaban J connectivity index is 1.65. The minimum atomic E-state index is -1.02. The van der Waals surface area contributed by atoms with E-state index in [4.69, 9.17) is 17.3 Å². The maximum absolute atomic E-state index is 12.8. The van der Waals surface area contributed by atoms with E-state index in [0.29, 0.717) is 14.9 Å². The maximum Gasteiger partial charge on any atom is 0.335 e. The topological polar surface area (TPSA) is 70.5 Å². The van der Waals surface area contributed by atoms with Crippen molar-refractivity contribution in [2.75, 3.05) is 4.90 Å². The number of carbonyl (C=O) groups is 2. The van der Waals surface area contributed by atoms with Gasteiger partial charge in [0.15, 0.2) is 4.32 Å². The molecule has 0 bridgehead atoms. The highest BCUT2D eigenvalue weighted by Gasteiger charge is 2.33. The molecule has 2 heterocycles. The number of benzene rings is 2. The molecule has 0 atom stereocenters. The number of carboxylic acid groups (broad SMARTS) is 1. The third-order valence-corrected chi connectivity index (χ3v) is 5.39. The SMILES string of the molecule is O=C(O)c1ccc(N2C(=O)C(=Cc3ccc4ncccc4c3)SC2=S)cc1. The number of anilines is 1. The molecule has 1 aliphatic heterocycles. The van der Waals surface area contributed by atoms with Crippen molar-refractivity contribution in [3.63, 3.8) is 0 Å². The fourth-order valence-corrected chi connectivity index (χ4v) is 4.08. The molecule has 132 valence electrons. The second-order valence-corrected chi connectivity index (χ2v) is 7.50. The lowest BCUT2D eigenvalue weighted by molar-refractivity contribution is -0.113. The molecule has 1 aliphatic rings. The van der Waals surface area contributed by atoms with E-state index in [1.165, 1.54) is 28.8 Å². The third kappa shape index (κ3) is 3.34. The van der Waals surface area contributed by atoms with Gasteiger partial charge in [0.2, 0.25) is 0 Å². The molecule has 0 aliphatic carbocycles.